The van der Waals surface area contributed by atoms with Gasteiger partial charge in [-0.25, -0.2) is 4.98 Å². The summed E-state index contributed by atoms with van der Waals surface area (Å²) in [6.07, 6.45) is 7.09. The molecule has 5 heteroatoms. The molecule has 2 heterocycles. The van der Waals surface area contributed by atoms with Crippen LogP contribution in [0.3, 0.4) is 0 Å². The number of benzene rings is 1. The molecule has 1 saturated heterocycles. The summed E-state index contributed by atoms with van der Waals surface area (Å²) >= 11 is 0. The number of imidazole rings is 1. The van der Waals surface area contributed by atoms with E-state index in [4.69, 9.17) is 0 Å². The Labute approximate surface area is 117 Å². The predicted octanol–water partition coefficient (Wildman–Crippen LogP) is 1.47. The first-order chi connectivity index (χ1) is 9.79. The smallest absolute Gasteiger partial charge is 0.254 e. The minimum Gasteiger partial charge on any atom is -0.394 e. The van der Waals surface area contributed by atoms with Crippen molar-refractivity contribution in [2.24, 2.45) is 0 Å². The fourth-order valence-corrected chi connectivity index (χ4v) is 2.67. The molecule has 2 aromatic rings. The molecule has 0 unspecified atom stereocenters. The van der Waals surface area contributed by atoms with Crippen molar-refractivity contribution in [2.45, 2.75) is 18.9 Å². The van der Waals surface area contributed by atoms with Crippen molar-refractivity contribution in [1.29, 1.82) is 0 Å². The summed E-state index contributed by atoms with van der Waals surface area (Å²) in [5, 5.41) is 9.33. The average Bonchev–Trinajstić information content (AvgIpc) is 3.17. The van der Waals surface area contributed by atoms with Crippen molar-refractivity contribution in [3.8, 4) is 5.69 Å². The van der Waals surface area contributed by atoms with E-state index in [1.807, 2.05) is 35.0 Å². The normalized spacial score (nSPS) is 18.4. The molecule has 1 aliphatic rings. The highest BCUT2D eigenvalue weighted by Gasteiger charge is 2.28. The van der Waals surface area contributed by atoms with Crippen molar-refractivity contribution >= 4 is 5.91 Å². The molecule has 0 aliphatic carbocycles. The molecule has 1 N–H and O–H groups in total. The monoisotopic (exact) mass is 271 g/mol. The van der Waals surface area contributed by atoms with E-state index < -0.39 is 0 Å². The molecule has 1 aromatic carbocycles. The average molecular weight is 271 g/mol. The van der Waals surface area contributed by atoms with Crippen LogP contribution in [0.1, 0.15) is 23.2 Å². The van der Waals surface area contributed by atoms with Crippen molar-refractivity contribution in [2.75, 3.05) is 13.2 Å². The van der Waals surface area contributed by atoms with E-state index in [-0.39, 0.29) is 18.6 Å². The summed E-state index contributed by atoms with van der Waals surface area (Å²) < 4.78 is 1.87. The number of aromatic nitrogens is 2. The first-order valence-electron chi connectivity index (χ1n) is 6.80. The second-order valence-corrected chi connectivity index (χ2v) is 5.00. The van der Waals surface area contributed by atoms with E-state index in [2.05, 4.69) is 4.98 Å². The Kier molecular flexibility index (Phi) is 3.52. The Balaban J connectivity index is 1.87. The number of rotatable bonds is 3. The Hall–Kier alpha value is -2.14. The quantitative estimate of drug-likeness (QED) is 0.919. The molecule has 3 rings (SSSR count). The zero-order chi connectivity index (χ0) is 13.9. The van der Waals surface area contributed by atoms with Gasteiger partial charge in [-0.2, -0.15) is 0 Å². The van der Waals surface area contributed by atoms with Gasteiger partial charge in [-0.05, 0) is 31.0 Å². The molecule has 0 radical (unpaired) electrons. The van der Waals surface area contributed by atoms with Crippen LogP contribution in [-0.2, 0) is 0 Å². The minimum absolute atomic E-state index is 0.0106. The number of nitrogens with zero attached hydrogens (tertiary/aromatic N) is 3. The molecule has 1 amide bonds. The van der Waals surface area contributed by atoms with Gasteiger partial charge in [-0.1, -0.05) is 6.07 Å². The highest BCUT2D eigenvalue weighted by atomic mass is 16.3. The van der Waals surface area contributed by atoms with Crippen LogP contribution >= 0.6 is 0 Å². The maximum absolute atomic E-state index is 12.5. The van der Waals surface area contributed by atoms with Crippen LogP contribution in [-0.4, -0.2) is 44.7 Å². The van der Waals surface area contributed by atoms with E-state index in [9.17, 15) is 9.90 Å². The molecule has 5 nitrogen and oxygen atoms in total. The SMILES string of the molecule is O=C(c1cccc(-n2ccnc2)c1)N1CCC[C@@H]1CO. The Morgan fingerprint density at radius 1 is 1.45 bits per heavy atom. The van der Waals surface area contributed by atoms with E-state index in [0.29, 0.717) is 5.56 Å². The molecule has 1 aliphatic heterocycles. The van der Waals surface area contributed by atoms with E-state index >= 15 is 0 Å². The Morgan fingerprint density at radius 2 is 2.35 bits per heavy atom. The van der Waals surface area contributed by atoms with Crippen molar-refractivity contribution < 1.29 is 9.90 Å². The molecular formula is C15H17N3O2. The summed E-state index contributed by atoms with van der Waals surface area (Å²) in [4.78, 5) is 18.3. The summed E-state index contributed by atoms with van der Waals surface area (Å²) in [7, 11) is 0. The third-order valence-electron chi connectivity index (χ3n) is 3.74. The molecule has 1 aromatic heterocycles. The molecular weight excluding hydrogens is 254 g/mol. The van der Waals surface area contributed by atoms with Gasteiger partial charge in [0, 0.05) is 30.2 Å². The highest BCUT2D eigenvalue weighted by molar-refractivity contribution is 5.95. The number of amides is 1. The lowest BCUT2D eigenvalue weighted by molar-refractivity contribution is 0.0677. The lowest BCUT2D eigenvalue weighted by Crippen LogP contribution is -2.37. The number of hydrogen-bond donors (Lipinski definition) is 1. The van der Waals surface area contributed by atoms with Gasteiger partial charge in [0.1, 0.15) is 0 Å². The predicted molar refractivity (Wildman–Crippen MR) is 74.7 cm³/mol. The molecule has 0 bridgehead atoms. The largest absolute Gasteiger partial charge is 0.394 e. The highest BCUT2D eigenvalue weighted by Crippen LogP contribution is 2.20. The van der Waals surface area contributed by atoms with Crippen molar-refractivity contribution in [1.82, 2.24) is 14.5 Å². The van der Waals surface area contributed by atoms with Crippen molar-refractivity contribution in [3.05, 3.63) is 48.5 Å². The molecule has 1 atom stereocenters. The van der Waals surface area contributed by atoms with Crippen LogP contribution in [0, 0.1) is 0 Å². The fraction of sp³-hybridized carbons (Fsp3) is 0.333. The second kappa shape index (κ2) is 5.46. The maximum Gasteiger partial charge on any atom is 0.254 e. The molecule has 0 saturated carbocycles. The second-order valence-electron chi connectivity index (χ2n) is 5.00. The van der Waals surface area contributed by atoms with Gasteiger partial charge in [-0.3, -0.25) is 4.79 Å². The number of carbonyl (C=O) groups excluding carboxylic acids is 1. The van der Waals surface area contributed by atoms with Gasteiger partial charge in [0.15, 0.2) is 0 Å². The Bertz CT molecular complexity index is 595. The maximum atomic E-state index is 12.5. The summed E-state index contributed by atoms with van der Waals surface area (Å²) in [5.74, 6) is -0.0106. The summed E-state index contributed by atoms with van der Waals surface area (Å²) in [5.41, 5.74) is 1.56. The van der Waals surface area contributed by atoms with Crippen LogP contribution in [0.25, 0.3) is 5.69 Å². The molecule has 1 fully saturated rings. The van der Waals surface area contributed by atoms with Crippen LogP contribution in [0.4, 0.5) is 0 Å². The minimum atomic E-state index is -0.0422. The van der Waals surface area contributed by atoms with Gasteiger partial charge in [0.2, 0.25) is 0 Å². The summed E-state index contributed by atoms with van der Waals surface area (Å²) in [6.45, 7) is 0.756. The standard InChI is InChI=1S/C15H17N3O2/c19-10-14-5-2-7-18(14)15(20)12-3-1-4-13(9-12)17-8-6-16-11-17/h1,3-4,6,8-9,11,14,19H,2,5,7,10H2/t14-/m1/s1. The zero-order valence-corrected chi connectivity index (χ0v) is 11.1. The first kappa shape index (κ1) is 12.9. The number of carbonyl (C=O) groups is 1. The van der Waals surface area contributed by atoms with Gasteiger partial charge < -0.3 is 14.6 Å². The van der Waals surface area contributed by atoms with Gasteiger partial charge >= 0.3 is 0 Å². The zero-order valence-electron chi connectivity index (χ0n) is 11.1. The van der Waals surface area contributed by atoms with E-state index in [1.165, 1.54) is 0 Å². The topological polar surface area (TPSA) is 58.4 Å². The van der Waals surface area contributed by atoms with E-state index in [0.717, 1.165) is 25.1 Å². The lowest BCUT2D eigenvalue weighted by Gasteiger charge is -2.23. The van der Waals surface area contributed by atoms with Gasteiger partial charge in [0.05, 0.1) is 19.0 Å². The van der Waals surface area contributed by atoms with Crippen LogP contribution in [0.2, 0.25) is 0 Å². The number of likely N-dealkylation sites (tertiary alicyclic amines) is 1. The van der Waals surface area contributed by atoms with Gasteiger partial charge in [-0.15, -0.1) is 0 Å². The van der Waals surface area contributed by atoms with Crippen molar-refractivity contribution in [3.63, 3.8) is 0 Å². The summed E-state index contributed by atoms with van der Waals surface area (Å²) in [6, 6.07) is 7.43. The third-order valence-corrected chi connectivity index (χ3v) is 3.74. The Morgan fingerprint density at radius 3 is 3.10 bits per heavy atom. The first-order valence-corrected chi connectivity index (χ1v) is 6.80. The fourth-order valence-electron chi connectivity index (χ4n) is 2.67. The van der Waals surface area contributed by atoms with Gasteiger partial charge in [0.25, 0.3) is 5.91 Å². The molecule has 20 heavy (non-hydrogen) atoms. The number of aliphatic hydroxyl groups excluding tert-OH is 1. The van der Waals surface area contributed by atoms with Crippen LogP contribution < -0.4 is 0 Å². The number of aliphatic hydroxyl groups is 1. The van der Waals surface area contributed by atoms with Crippen LogP contribution in [0.15, 0.2) is 43.0 Å². The van der Waals surface area contributed by atoms with Crippen LogP contribution in [0.5, 0.6) is 0 Å². The molecule has 0 spiro atoms. The number of hydrogen-bond acceptors (Lipinski definition) is 3. The van der Waals surface area contributed by atoms with E-state index in [1.54, 1.807) is 17.4 Å². The third kappa shape index (κ3) is 2.32. The molecule has 104 valence electrons. The lowest BCUT2D eigenvalue weighted by atomic mass is 10.1.